The Morgan fingerprint density at radius 3 is 2.56 bits per heavy atom. The molecule has 172 valence electrons. The van der Waals surface area contributed by atoms with Crippen molar-refractivity contribution in [3.63, 3.8) is 0 Å². The fourth-order valence-electron chi connectivity index (χ4n) is 4.35. The first-order valence-corrected chi connectivity index (χ1v) is 11.0. The number of ketones is 1. The zero-order valence-corrected chi connectivity index (χ0v) is 19.3. The summed E-state index contributed by atoms with van der Waals surface area (Å²) in [6, 6.07) is 6.12. The second-order valence-corrected chi connectivity index (χ2v) is 8.35. The Bertz CT molecular complexity index is 962. The average molecular weight is 441 g/mol. The van der Waals surface area contributed by atoms with Crippen LogP contribution in [0.25, 0.3) is 0 Å². The number of aromatic amines is 1. The van der Waals surface area contributed by atoms with Crippen LogP contribution in [0.5, 0.6) is 0 Å². The molecule has 3 rings (SSSR count). The number of methoxy groups -OCH3 is 1. The zero-order chi connectivity index (χ0) is 23.3. The molecule has 0 unspecified atom stereocenters. The minimum atomic E-state index is -0.544. The van der Waals surface area contributed by atoms with Crippen LogP contribution in [-0.4, -0.2) is 77.3 Å². The summed E-state index contributed by atoms with van der Waals surface area (Å²) in [7, 11) is 3.11. The van der Waals surface area contributed by atoms with Gasteiger partial charge in [0.15, 0.2) is 5.78 Å². The second kappa shape index (κ2) is 10.5. The number of amides is 1. The minimum absolute atomic E-state index is 0.0228. The monoisotopic (exact) mass is 440 g/mol. The van der Waals surface area contributed by atoms with E-state index in [2.05, 4.69) is 14.9 Å². The fraction of sp³-hybridized carbons (Fsp3) is 0.500. The molecule has 3 heterocycles. The molecule has 1 aliphatic rings. The normalized spacial score (nSPS) is 14.9. The number of carbonyl (C=O) groups excluding carboxylic acids is 3. The summed E-state index contributed by atoms with van der Waals surface area (Å²) >= 11 is 0. The molecule has 0 aliphatic carbocycles. The number of esters is 1. The van der Waals surface area contributed by atoms with E-state index < -0.39 is 5.97 Å². The van der Waals surface area contributed by atoms with E-state index in [0.29, 0.717) is 17.0 Å². The molecule has 0 atom stereocenters. The molecule has 0 saturated carbocycles. The number of piperidine rings is 1. The van der Waals surface area contributed by atoms with Crippen molar-refractivity contribution >= 4 is 17.7 Å². The Labute approximate surface area is 189 Å². The number of carbonyl (C=O) groups is 3. The van der Waals surface area contributed by atoms with Gasteiger partial charge in [-0.1, -0.05) is 6.07 Å². The third-order valence-electron chi connectivity index (χ3n) is 6.31. The number of hydrogen-bond acceptors (Lipinski definition) is 6. The van der Waals surface area contributed by atoms with Gasteiger partial charge in [0.2, 0.25) is 5.91 Å². The van der Waals surface area contributed by atoms with E-state index in [0.717, 1.165) is 44.6 Å². The van der Waals surface area contributed by atoms with E-state index >= 15 is 0 Å². The van der Waals surface area contributed by atoms with Crippen LogP contribution in [0, 0.1) is 6.92 Å². The molecule has 1 amide bonds. The van der Waals surface area contributed by atoms with Crippen LogP contribution in [0.4, 0.5) is 0 Å². The van der Waals surface area contributed by atoms with Gasteiger partial charge in [0.1, 0.15) is 0 Å². The molecule has 0 bridgehead atoms. The largest absolute Gasteiger partial charge is 0.465 e. The number of nitrogens with zero attached hydrogens (tertiary/aromatic N) is 3. The van der Waals surface area contributed by atoms with E-state index in [1.54, 1.807) is 11.8 Å². The lowest BCUT2D eigenvalue weighted by atomic mass is 10.0. The highest BCUT2D eigenvalue weighted by Gasteiger charge is 2.28. The van der Waals surface area contributed by atoms with Crippen LogP contribution in [0.15, 0.2) is 24.4 Å². The Kier molecular flexibility index (Phi) is 7.80. The van der Waals surface area contributed by atoms with Gasteiger partial charge in [0.25, 0.3) is 0 Å². The highest BCUT2D eigenvalue weighted by atomic mass is 16.5. The van der Waals surface area contributed by atoms with Crippen molar-refractivity contribution < 1.29 is 19.1 Å². The number of rotatable bonds is 8. The van der Waals surface area contributed by atoms with Crippen molar-refractivity contribution in [2.24, 2.45) is 0 Å². The molecule has 8 nitrogen and oxygen atoms in total. The standard InChI is InChI=1S/C24H32N4O4/c1-16-22(24(31)32-4)20(26-23(16)17(2)29)15-21(30)27(3)19-9-13-28(14-10-19)12-8-18-7-5-6-11-25-18/h5-7,11,19,26H,8-10,12-15H2,1-4H3. The molecule has 0 radical (unpaired) electrons. The fourth-order valence-corrected chi connectivity index (χ4v) is 4.35. The van der Waals surface area contributed by atoms with Crippen LogP contribution in [0.3, 0.4) is 0 Å². The van der Waals surface area contributed by atoms with Crippen LogP contribution in [-0.2, 0) is 22.4 Å². The Balaban J connectivity index is 1.58. The number of likely N-dealkylation sites (tertiary alicyclic amines) is 1. The molecule has 0 spiro atoms. The van der Waals surface area contributed by atoms with Gasteiger partial charge in [-0.2, -0.15) is 0 Å². The summed E-state index contributed by atoms with van der Waals surface area (Å²) in [6.07, 6.45) is 4.56. The summed E-state index contributed by atoms with van der Waals surface area (Å²) in [5.41, 5.74) is 2.68. The molecule has 2 aromatic heterocycles. The van der Waals surface area contributed by atoms with E-state index in [-0.39, 0.29) is 29.7 Å². The highest BCUT2D eigenvalue weighted by molar-refractivity contribution is 6.01. The quantitative estimate of drug-likeness (QED) is 0.500. The molecule has 32 heavy (non-hydrogen) atoms. The van der Waals surface area contributed by atoms with Crippen LogP contribution in [0.2, 0.25) is 0 Å². The molecule has 0 aromatic carbocycles. The van der Waals surface area contributed by atoms with Gasteiger partial charge in [0.05, 0.1) is 24.8 Å². The van der Waals surface area contributed by atoms with Crippen molar-refractivity contribution in [1.82, 2.24) is 19.8 Å². The van der Waals surface area contributed by atoms with Gasteiger partial charge in [-0.3, -0.25) is 14.6 Å². The number of likely N-dealkylation sites (N-methyl/N-ethyl adjacent to an activating group) is 1. The average Bonchev–Trinajstić information content (AvgIpc) is 3.13. The molecular weight excluding hydrogens is 408 g/mol. The highest BCUT2D eigenvalue weighted by Crippen LogP contribution is 2.22. The molecule has 1 aliphatic heterocycles. The second-order valence-electron chi connectivity index (χ2n) is 8.35. The van der Waals surface area contributed by atoms with Crippen molar-refractivity contribution in [2.75, 3.05) is 33.8 Å². The Morgan fingerprint density at radius 1 is 1.25 bits per heavy atom. The first-order valence-electron chi connectivity index (χ1n) is 11.0. The van der Waals surface area contributed by atoms with Gasteiger partial charge in [0, 0.05) is 63.7 Å². The maximum absolute atomic E-state index is 13.0. The lowest BCUT2D eigenvalue weighted by molar-refractivity contribution is -0.132. The van der Waals surface area contributed by atoms with Gasteiger partial charge in [-0.25, -0.2) is 4.79 Å². The van der Waals surface area contributed by atoms with Gasteiger partial charge < -0.3 is 19.5 Å². The smallest absolute Gasteiger partial charge is 0.339 e. The third-order valence-corrected chi connectivity index (χ3v) is 6.31. The molecule has 8 heteroatoms. The van der Waals surface area contributed by atoms with E-state index in [1.807, 2.05) is 31.4 Å². The summed E-state index contributed by atoms with van der Waals surface area (Å²) in [6.45, 7) is 5.94. The van der Waals surface area contributed by atoms with Crippen molar-refractivity contribution in [1.29, 1.82) is 0 Å². The van der Waals surface area contributed by atoms with E-state index in [9.17, 15) is 14.4 Å². The zero-order valence-electron chi connectivity index (χ0n) is 19.3. The Hall–Kier alpha value is -3.00. The topological polar surface area (TPSA) is 95.6 Å². The summed E-state index contributed by atoms with van der Waals surface area (Å²) in [5, 5.41) is 0. The molecule has 1 N–H and O–H groups in total. The van der Waals surface area contributed by atoms with Gasteiger partial charge >= 0.3 is 5.97 Å². The molecule has 1 saturated heterocycles. The lowest BCUT2D eigenvalue weighted by Gasteiger charge is -2.36. The molecule has 2 aromatic rings. The lowest BCUT2D eigenvalue weighted by Crippen LogP contribution is -2.46. The number of pyridine rings is 1. The SMILES string of the molecule is COC(=O)c1c(CC(=O)N(C)C2CCN(CCc3ccccn3)CC2)[nH]c(C(C)=O)c1C. The maximum atomic E-state index is 13.0. The first-order chi connectivity index (χ1) is 15.3. The maximum Gasteiger partial charge on any atom is 0.339 e. The summed E-state index contributed by atoms with van der Waals surface area (Å²) in [4.78, 5) is 48.7. The number of hydrogen-bond donors (Lipinski definition) is 1. The van der Waals surface area contributed by atoms with Crippen LogP contribution < -0.4 is 0 Å². The summed E-state index contributed by atoms with van der Waals surface area (Å²) in [5.74, 6) is -0.811. The van der Waals surface area contributed by atoms with E-state index in [4.69, 9.17) is 4.74 Å². The molecular formula is C24H32N4O4. The number of nitrogens with one attached hydrogen (secondary N) is 1. The van der Waals surface area contributed by atoms with Crippen molar-refractivity contribution in [3.8, 4) is 0 Å². The summed E-state index contributed by atoms with van der Waals surface area (Å²) < 4.78 is 4.87. The number of Topliss-reactive ketones (excluding diaryl/α,β-unsaturated/α-hetero) is 1. The number of aromatic nitrogens is 2. The van der Waals surface area contributed by atoms with Gasteiger partial charge in [-0.05, 0) is 37.5 Å². The Morgan fingerprint density at radius 2 is 1.97 bits per heavy atom. The third kappa shape index (κ3) is 5.43. The van der Waals surface area contributed by atoms with Gasteiger partial charge in [-0.15, -0.1) is 0 Å². The van der Waals surface area contributed by atoms with Crippen LogP contribution in [0.1, 0.15) is 57.6 Å². The number of ether oxygens (including phenoxy) is 1. The first kappa shape index (κ1) is 23.7. The molecule has 1 fully saturated rings. The van der Waals surface area contributed by atoms with Crippen LogP contribution >= 0.6 is 0 Å². The van der Waals surface area contributed by atoms with Crippen molar-refractivity contribution in [2.45, 2.75) is 45.6 Å². The van der Waals surface area contributed by atoms with E-state index in [1.165, 1.54) is 14.0 Å². The number of H-pyrrole nitrogens is 1. The minimum Gasteiger partial charge on any atom is -0.465 e. The predicted octanol–water partition coefficient (Wildman–Crippen LogP) is 2.42. The van der Waals surface area contributed by atoms with Crippen molar-refractivity contribution in [3.05, 3.63) is 52.6 Å². The predicted molar refractivity (Wildman–Crippen MR) is 121 cm³/mol.